The number of aromatic hydroxyl groups is 2. The van der Waals surface area contributed by atoms with Crippen molar-refractivity contribution in [1.29, 1.82) is 0 Å². The summed E-state index contributed by atoms with van der Waals surface area (Å²) < 4.78 is 1.93. The molecule has 1 unspecified atom stereocenters. The van der Waals surface area contributed by atoms with Crippen molar-refractivity contribution in [3.05, 3.63) is 56.2 Å². The molecule has 1 atom stereocenters. The normalized spacial score (nSPS) is 17.0. The van der Waals surface area contributed by atoms with Crippen LogP contribution in [0.5, 0.6) is 11.6 Å². The summed E-state index contributed by atoms with van der Waals surface area (Å²) in [5.41, 5.74) is 2.87. The molecule has 0 amide bonds. The lowest BCUT2D eigenvalue weighted by molar-refractivity contribution is 0.410. The summed E-state index contributed by atoms with van der Waals surface area (Å²) in [6, 6.07) is 6.49. The SMILES string of the molecule is Cn1c(O)c(C2=NNC(c3cccc(O)c3)C2)c(=O)n(C)c1=O. The van der Waals surface area contributed by atoms with E-state index < -0.39 is 17.1 Å². The summed E-state index contributed by atoms with van der Waals surface area (Å²) in [6.45, 7) is 0. The quantitative estimate of drug-likeness (QED) is 0.719. The highest BCUT2D eigenvalue weighted by Gasteiger charge is 2.27. The number of rotatable bonds is 2. The topological polar surface area (TPSA) is 109 Å². The molecule has 8 heteroatoms. The number of nitrogens with zero attached hydrogens (tertiary/aromatic N) is 3. The van der Waals surface area contributed by atoms with Gasteiger partial charge in [-0.3, -0.25) is 13.9 Å². The Labute approximate surface area is 130 Å². The van der Waals surface area contributed by atoms with E-state index in [9.17, 15) is 19.8 Å². The summed E-state index contributed by atoms with van der Waals surface area (Å²) in [6.07, 6.45) is 0.352. The van der Waals surface area contributed by atoms with Crippen molar-refractivity contribution in [3.8, 4) is 11.6 Å². The molecule has 1 aromatic heterocycles. The first-order valence-corrected chi connectivity index (χ1v) is 7.00. The second kappa shape index (κ2) is 5.31. The van der Waals surface area contributed by atoms with Crippen LogP contribution in [0.15, 0.2) is 39.0 Å². The average molecular weight is 316 g/mol. The van der Waals surface area contributed by atoms with Crippen LogP contribution in [0, 0.1) is 0 Å². The highest BCUT2D eigenvalue weighted by molar-refractivity contribution is 6.03. The lowest BCUT2D eigenvalue weighted by Crippen LogP contribution is -2.39. The summed E-state index contributed by atoms with van der Waals surface area (Å²) >= 11 is 0. The number of benzene rings is 1. The van der Waals surface area contributed by atoms with E-state index in [1.807, 2.05) is 6.07 Å². The van der Waals surface area contributed by atoms with Crippen LogP contribution in [0.3, 0.4) is 0 Å². The van der Waals surface area contributed by atoms with Gasteiger partial charge in [-0.05, 0) is 17.7 Å². The van der Waals surface area contributed by atoms with Crippen molar-refractivity contribution in [3.63, 3.8) is 0 Å². The van der Waals surface area contributed by atoms with E-state index >= 15 is 0 Å². The van der Waals surface area contributed by atoms with Crippen molar-refractivity contribution in [2.75, 3.05) is 0 Å². The summed E-state index contributed by atoms with van der Waals surface area (Å²) in [4.78, 5) is 24.1. The van der Waals surface area contributed by atoms with E-state index in [1.54, 1.807) is 18.2 Å². The minimum Gasteiger partial charge on any atom is -0.508 e. The zero-order valence-corrected chi connectivity index (χ0v) is 12.6. The molecule has 0 saturated carbocycles. The molecule has 0 bridgehead atoms. The molecule has 3 N–H and O–H groups in total. The highest BCUT2D eigenvalue weighted by Crippen LogP contribution is 2.27. The van der Waals surface area contributed by atoms with Gasteiger partial charge in [0.05, 0.1) is 11.8 Å². The molecule has 2 heterocycles. The first-order valence-electron chi connectivity index (χ1n) is 7.00. The number of phenolic OH excluding ortho intramolecular Hbond substituents is 1. The Morgan fingerprint density at radius 3 is 2.65 bits per heavy atom. The number of phenols is 1. The van der Waals surface area contributed by atoms with Gasteiger partial charge in [0, 0.05) is 20.5 Å². The third kappa shape index (κ3) is 2.37. The first-order chi connectivity index (χ1) is 10.9. The van der Waals surface area contributed by atoms with Gasteiger partial charge in [0.2, 0.25) is 5.88 Å². The maximum absolute atomic E-state index is 12.3. The van der Waals surface area contributed by atoms with Gasteiger partial charge in [0.1, 0.15) is 11.3 Å². The predicted octanol–water partition coefficient (Wildman–Crippen LogP) is -0.0661. The van der Waals surface area contributed by atoms with Crippen molar-refractivity contribution in [1.82, 2.24) is 14.6 Å². The molecule has 0 saturated heterocycles. The van der Waals surface area contributed by atoms with Crippen molar-refractivity contribution in [2.24, 2.45) is 19.2 Å². The van der Waals surface area contributed by atoms with E-state index in [0.717, 1.165) is 14.7 Å². The monoisotopic (exact) mass is 316 g/mol. The van der Waals surface area contributed by atoms with Gasteiger partial charge in [0.25, 0.3) is 5.56 Å². The lowest BCUT2D eigenvalue weighted by Gasteiger charge is -2.11. The van der Waals surface area contributed by atoms with Gasteiger partial charge in [0.15, 0.2) is 0 Å². The zero-order valence-electron chi connectivity index (χ0n) is 12.6. The summed E-state index contributed by atoms with van der Waals surface area (Å²) in [7, 11) is 2.74. The maximum Gasteiger partial charge on any atom is 0.333 e. The van der Waals surface area contributed by atoms with Crippen molar-refractivity contribution < 1.29 is 10.2 Å². The van der Waals surface area contributed by atoms with E-state index in [1.165, 1.54) is 14.1 Å². The molecule has 0 aliphatic carbocycles. The number of nitrogens with one attached hydrogen (secondary N) is 1. The smallest absolute Gasteiger partial charge is 0.333 e. The fraction of sp³-hybridized carbons (Fsp3) is 0.267. The van der Waals surface area contributed by atoms with Crippen LogP contribution in [-0.4, -0.2) is 25.1 Å². The Hall–Kier alpha value is -3.03. The van der Waals surface area contributed by atoms with Crippen LogP contribution in [0.25, 0.3) is 0 Å². The van der Waals surface area contributed by atoms with Crippen LogP contribution in [0.1, 0.15) is 23.6 Å². The number of hydrogen-bond donors (Lipinski definition) is 3. The maximum atomic E-state index is 12.3. The van der Waals surface area contributed by atoms with Gasteiger partial charge >= 0.3 is 5.69 Å². The predicted molar refractivity (Wildman–Crippen MR) is 83.7 cm³/mol. The van der Waals surface area contributed by atoms with Crippen molar-refractivity contribution in [2.45, 2.75) is 12.5 Å². The van der Waals surface area contributed by atoms with Crippen LogP contribution < -0.4 is 16.7 Å². The van der Waals surface area contributed by atoms with Gasteiger partial charge in [-0.1, -0.05) is 12.1 Å². The molecular formula is C15H16N4O4. The fourth-order valence-corrected chi connectivity index (χ4v) is 2.62. The first kappa shape index (κ1) is 14.9. The van der Waals surface area contributed by atoms with Gasteiger partial charge < -0.3 is 15.6 Å². The Kier molecular flexibility index (Phi) is 3.44. The summed E-state index contributed by atoms with van der Waals surface area (Å²) in [5.74, 6) is -0.270. The van der Waals surface area contributed by atoms with Gasteiger partial charge in [-0.2, -0.15) is 5.10 Å². The van der Waals surface area contributed by atoms with Crippen LogP contribution in [-0.2, 0) is 14.1 Å². The van der Waals surface area contributed by atoms with E-state index in [4.69, 9.17) is 0 Å². The summed E-state index contributed by atoms with van der Waals surface area (Å²) in [5, 5.41) is 23.8. The third-order valence-electron chi connectivity index (χ3n) is 3.95. The van der Waals surface area contributed by atoms with Crippen LogP contribution in [0.2, 0.25) is 0 Å². The molecule has 0 radical (unpaired) electrons. The second-order valence-electron chi connectivity index (χ2n) is 5.44. The molecule has 1 aliphatic heterocycles. The molecule has 8 nitrogen and oxygen atoms in total. The fourth-order valence-electron chi connectivity index (χ4n) is 2.62. The molecule has 120 valence electrons. The molecule has 1 aliphatic rings. The number of hydrogen-bond acceptors (Lipinski definition) is 6. The lowest BCUT2D eigenvalue weighted by atomic mass is 10.00. The molecule has 0 fully saturated rings. The van der Waals surface area contributed by atoms with Crippen LogP contribution in [0.4, 0.5) is 0 Å². The highest BCUT2D eigenvalue weighted by atomic mass is 16.3. The minimum absolute atomic E-state index is 0.00440. The molecule has 3 rings (SSSR count). The Morgan fingerprint density at radius 2 is 1.96 bits per heavy atom. The van der Waals surface area contributed by atoms with Gasteiger partial charge in [-0.15, -0.1) is 0 Å². The Bertz CT molecular complexity index is 926. The van der Waals surface area contributed by atoms with E-state index in [-0.39, 0.29) is 17.4 Å². The number of hydrazone groups is 1. The molecule has 0 spiro atoms. The van der Waals surface area contributed by atoms with Crippen molar-refractivity contribution >= 4 is 5.71 Å². The van der Waals surface area contributed by atoms with Gasteiger partial charge in [-0.25, -0.2) is 4.79 Å². The van der Waals surface area contributed by atoms with E-state index in [2.05, 4.69) is 10.5 Å². The zero-order chi connectivity index (χ0) is 16.7. The number of aromatic nitrogens is 2. The second-order valence-corrected chi connectivity index (χ2v) is 5.44. The van der Waals surface area contributed by atoms with Crippen LogP contribution >= 0.6 is 0 Å². The Morgan fingerprint density at radius 1 is 1.22 bits per heavy atom. The molecule has 1 aromatic carbocycles. The largest absolute Gasteiger partial charge is 0.508 e. The average Bonchev–Trinajstić information content (AvgIpc) is 3.01. The Balaban J connectivity index is 2.00. The molecular weight excluding hydrogens is 300 g/mol. The molecule has 2 aromatic rings. The standard InChI is InChI=1S/C15H16N4O4/c1-18-13(21)12(14(22)19(2)15(18)23)11-7-10(16-17-11)8-4-3-5-9(20)6-8/h3-6,10,16,20-21H,7H2,1-2H3. The third-order valence-corrected chi connectivity index (χ3v) is 3.95. The molecule has 23 heavy (non-hydrogen) atoms. The minimum atomic E-state index is -0.604. The van der Waals surface area contributed by atoms with E-state index in [0.29, 0.717) is 12.1 Å².